The maximum Gasteiger partial charge on any atom is 0.240 e. The molecule has 1 aliphatic heterocycles. The van der Waals surface area contributed by atoms with Crippen molar-refractivity contribution in [2.75, 3.05) is 32.4 Å². The Labute approximate surface area is 134 Å². The zero-order chi connectivity index (χ0) is 16.1. The highest BCUT2D eigenvalue weighted by molar-refractivity contribution is 7.89. The van der Waals surface area contributed by atoms with Gasteiger partial charge in [0.05, 0.1) is 5.75 Å². The molecule has 1 aliphatic carbocycles. The summed E-state index contributed by atoms with van der Waals surface area (Å²) in [4.78, 5) is 15.2. The molecule has 1 saturated heterocycles. The summed E-state index contributed by atoms with van der Waals surface area (Å²) in [5.41, 5.74) is -0.401. The molecule has 0 aromatic rings. The van der Waals surface area contributed by atoms with Crippen LogP contribution in [0, 0.1) is 0 Å². The molecule has 1 saturated carbocycles. The van der Waals surface area contributed by atoms with Gasteiger partial charge in [-0.3, -0.25) is 9.69 Å². The minimum atomic E-state index is -3.27. The highest BCUT2D eigenvalue weighted by Gasteiger charge is 2.44. The summed E-state index contributed by atoms with van der Waals surface area (Å²) < 4.78 is 25.2. The van der Waals surface area contributed by atoms with Crippen LogP contribution in [0.25, 0.3) is 0 Å². The lowest BCUT2D eigenvalue weighted by Gasteiger charge is -2.46. The van der Waals surface area contributed by atoms with E-state index in [1.807, 2.05) is 0 Å². The molecule has 0 unspecified atom stereocenters. The first kappa shape index (κ1) is 17.7. The van der Waals surface area contributed by atoms with Crippen molar-refractivity contribution in [3.05, 3.63) is 0 Å². The lowest BCUT2D eigenvalue weighted by atomic mass is 9.78. The quantitative estimate of drug-likeness (QED) is 0.756. The molecule has 2 N–H and O–H groups in total. The van der Waals surface area contributed by atoms with E-state index in [9.17, 15) is 13.2 Å². The third-order valence-electron chi connectivity index (χ3n) is 5.03. The first-order valence-electron chi connectivity index (χ1n) is 8.45. The van der Waals surface area contributed by atoms with Crippen LogP contribution in [0.5, 0.6) is 0 Å². The Bertz CT molecular complexity index is 466. The molecule has 2 rings (SSSR count). The van der Waals surface area contributed by atoms with Crippen LogP contribution in [-0.2, 0) is 14.8 Å². The molecule has 0 spiro atoms. The minimum Gasteiger partial charge on any atom is -0.353 e. The van der Waals surface area contributed by atoms with Crippen molar-refractivity contribution < 1.29 is 13.2 Å². The highest BCUT2D eigenvalue weighted by Crippen LogP contribution is 2.35. The molecule has 0 radical (unpaired) electrons. The van der Waals surface area contributed by atoms with Crippen molar-refractivity contribution in [3.63, 3.8) is 0 Å². The molecule has 2 fully saturated rings. The van der Waals surface area contributed by atoms with Gasteiger partial charge in [-0.1, -0.05) is 25.7 Å². The number of carbonyl (C=O) groups excluding carboxylic acids is 1. The zero-order valence-corrected chi connectivity index (χ0v) is 14.4. The van der Waals surface area contributed by atoms with Gasteiger partial charge in [0.1, 0.15) is 5.54 Å². The number of nitrogens with one attached hydrogen (secondary N) is 2. The van der Waals surface area contributed by atoms with Gasteiger partial charge in [-0.2, -0.15) is 0 Å². The smallest absolute Gasteiger partial charge is 0.240 e. The lowest BCUT2D eigenvalue weighted by Crippen LogP contribution is -2.61. The zero-order valence-electron chi connectivity index (χ0n) is 13.6. The number of rotatable bonds is 6. The SMILES string of the molecule is CNS(=O)(=O)CCNC(=O)C1(N2CCCCC2)CCCCC1. The summed E-state index contributed by atoms with van der Waals surface area (Å²) in [5, 5.41) is 2.88. The van der Waals surface area contributed by atoms with E-state index in [4.69, 9.17) is 0 Å². The van der Waals surface area contributed by atoms with E-state index in [2.05, 4.69) is 14.9 Å². The van der Waals surface area contributed by atoms with Crippen molar-refractivity contribution in [1.82, 2.24) is 14.9 Å². The van der Waals surface area contributed by atoms with Gasteiger partial charge in [0.2, 0.25) is 15.9 Å². The van der Waals surface area contributed by atoms with Gasteiger partial charge < -0.3 is 5.32 Å². The van der Waals surface area contributed by atoms with Crippen LogP contribution >= 0.6 is 0 Å². The molecule has 22 heavy (non-hydrogen) atoms. The molecule has 1 amide bonds. The van der Waals surface area contributed by atoms with Crippen molar-refractivity contribution >= 4 is 15.9 Å². The summed E-state index contributed by atoms with van der Waals surface area (Å²) in [6.07, 6.45) is 8.71. The Hall–Kier alpha value is -0.660. The van der Waals surface area contributed by atoms with E-state index < -0.39 is 15.6 Å². The van der Waals surface area contributed by atoms with Gasteiger partial charge in [-0.05, 0) is 45.8 Å². The van der Waals surface area contributed by atoms with Crippen molar-refractivity contribution in [3.8, 4) is 0 Å². The van der Waals surface area contributed by atoms with Crippen LogP contribution in [0.2, 0.25) is 0 Å². The van der Waals surface area contributed by atoms with Crippen LogP contribution in [-0.4, -0.2) is 57.2 Å². The van der Waals surface area contributed by atoms with E-state index >= 15 is 0 Å². The van der Waals surface area contributed by atoms with Crippen LogP contribution < -0.4 is 10.0 Å². The molecule has 6 nitrogen and oxygen atoms in total. The van der Waals surface area contributed by atoms with Crippen LogP contribution in [0.1, 0.15) is 51.4 Å². The minimum absolute atomic E-state index is 0.0282. The predicted octanol–water partition coefficient (Wildman–Crippen LogP) is 0.841. The summed E-state index contributed by atoms with van der Waals surface area (Å²) in [6, 6.07) is 0. The topological polar surface area (TPSA) is 78.5 Å². The summed E-state index contributed by atoms with van der Waals surface area (Å²) in [7, 11) is -1.87. The van der Waals surface area contributed by atoms with Gasteiger partial charge in [-0.25, -0.2) is 13.1 Å². The molecule has 0 atom stereocenters. The fraction of sp³-hybridized carbons (Fsp3) is 0.933. The Balaban J connectivity index is 2.00. The molecule has 0 aromatic heterocycles. The van der Waals surface area contributed by atoms with E-state index in [0.717, 1.165) is 51.6 Å². The number of piperidine rings is 1. The average Bonchev–Trinajstić information content (AvgIpc) is 2.56. The number of sulfonamides is 1. The fourth-order valence-corrected chi connectivity index (χ4v) is 4.29. The largest absolute Gasteiger partial charge is 0.353 e. The normalized spacial score (nSPS) is 23.1. The Morgan fingerprint density at radius 2 is 1.64 bits per heavy atom. The molecule has 7 heteroatoms. The first-order valence-corrected chi connectivity index (χ1v) is 10.1. The summed E-state index contributed by atoms with van der Waals surface area (Å²) in [5.74, 6) is -0.0360. The molecule has 1 heterocycles. The second-order valence-corrected chi connectivity index (χ2v) is 8.46. The summed E-state index contributed by atoms with van der Waals surface area (Å²) >= 11 is 0. The van der Waals surface area contributed by atoms with E-state index in [1.165, 1.54) is 19.9 Å². The van der Waals surface area contributed by atoms with E-state index in [1.54, 1.807) is 0 Å². The van der Waals surface area contributed by atoms with Gasteiger partial charge in [0, 0.05) is 6.54 Å². The summed E-state index contributed by atoms with van der Waals surface area (Å²) in [6.45, 7) is 2.15. The molecular weight excluding hydrogens is 302 g/mol. The number of amides is 1. The van der Waals surface area contributed by atoms with Crippen molar-refractivity contribution in [1.29, 1.82) is 0 Å². The van der Waals surface area contributed by atoms with Gasteiger partial charge in [0.15, 0.2) is 0 Å². The third-order valence-corrected chi connectivity index (χ3v) is 6.40. The Morgan fingerprint density at radius 1 is 1.05 bits per heavy atom. The number of nitrogens with zero attached hydrogens (tertiary/aromatic N) is 1. The average molecular weight is 331 g/mol. The lowest BCUT2D eigenvalue weighted by molar-refractivity contribution is -0.137. The molecule has 128 valence electrons. The van der Waals surface area contributed by atoms with Crippen LogP contribution in [0.3, 0.4) is 0 Å². The Kier molecular flexibility index (Phi) is 6.23. The third kappa shape index (κ3) is 4.20. The number of hydrogen-bond donors (Lipinski definition) is 2. The van der Waals surface area contributed by atoms with Crippen LogP contribution in [0.4, 0.5) is 0 Å². The van der Waals surface area contributed by atoms with Crippen LogP contribution in [0.15, 0.2) is 0 Å². The van der Waals surface area contributed by atoms with Gasteiger partial charge in [-0.15, -0.1) is 0 Å². The maximum atomic E-state index is 12.8. The Morgan fingerprint density at radius 3 is 2.23 bits per heavy atom. The van der Waals surface area contributed by atoms with Crippen molar-refractivity contribution in [2.24, 2.45) is 0 Å². The maximum absolute atomic E-state index is 12.8. The first-order chi connectivity index (χ1) is 10.5. The van der Waals surface area contributed by atoms with E-state index in [-0.39, 0.29) is 18.2 Å². The predicted molar refractivity (Wildman–Crippen MR) is 87.1 cm³/mol. The number of likely N-dealkylation sites (tertiary alicyclic amines) is 1. The molecule has 2 aliphatic rings. The fourth-order valence-electron chi connectivity index (χ4n) is 3.71. The molecule has 0 bridgehead atoms. The number of hydrogen-bond acceptors (Lipinski definition) is 4. The van der Waals surface area contributed by atoms with Crippen molar-refractivity contribution in [2.45, 2.75) is 56.9 Å². The monoisotopic (exact) mass is 331 g/mol. The highest BCUT2D eigenvalue weighted by atomic mass is 32.2. The van der Waals surface area contributed by atoms with Gasteiger partial charge in [0.25, 0.3) is 0 Å². The van der Waals surface area contributed by atoms with Gasteiger partial charge >= 0.3 is 0 Å². The number of carbonyl (C=O) groups is 1. The standard InChI is InChI=1S/C15H29N3O3S/c1-16-22(20,21)13-10-17-14(19)15(8-4-2-5-9-15)18-11-6-3-7-12-18/h16H,2-13H2,1H3,(H,17,19). The van der Waals surface area contributed by atoms with E-state index in [0.29, 0.717) is 0 Å². The molecule has 0 aromatic carbocycles. The second-order valence-electron chi connectivity index (χ2n) is 6.42. The molecular formula is C15H29N3O3S. The second kappa shape index (κ2) is 7.75.